The highest BCUT2D eigenvalue weighted by Gasteiger charge is 2.11. The molecule has 0 atom stereocenters. The van der Waals surface area contributed by atoms with Crippen LogP contribution in [0.3, 0.4) is 0 Å². The van der Waals surface area contributed by atoms with E-state index in [1.54, 1.807) is 12.1 Å². The maximum Gasteiger partial charge on any atom is 0.123 e. The van der Waals surface area contributed by atoms with Gasteiger partial charge in [-0.1, -0.05) is 6.07 Å². The molecule has 0 aliphatic carbocycles. The van der Waals surface area contributed by atoms with Crippen LogP contribution in [-0.2, 0) is 0 Å². The van der Waals surface area contributed by atoms with E-state index in [1.807, 2.05) is 29.8 Å². The molecule has 2 aromatic heterocycles. The number of aromatic nitrogens is 2. The van der Waals surface area contributed by atoms with E-state index < -0.39 is 0 Å². The minimum atomic E-state index is -0.241. The molecule has 0 spiro atoms. The van der Waals surface area contributed by atoms with Gasteiger partial charge < -0.3 is 0 Å². The van der Waals surface area contributed by atoms with E-state index >= 15 is 0 Å². The summed E-state index contributed by atoms with van der Waals surface area (Å²) in [5.41, 5.74) is 3.85. The second-order valence-corrected chi connectivity index (χ2v) is 5.00. The van der Waals surface area contributed by atoms with Crippen LogP contribution >= 0.6 is 15.9 Å². The molecule has 90 valence electrons. The standard InChI is InChI=1S/C14H10BrFN2/c1-9-2-7-12-13(15)14(17-18(12)8-9)10-3-5-11(16)6-4-10/h2-8H,1H3. The summed E-state index contributed by atoms with van der Waals surface area (Å²) in [4.78, 5) is 0. The number of halogens is 2. The third-order valence-corrected chi connectivity index (χ3v) is 3.62. The highest BCUT2D eigenvalue weighted by Crippen LogP contribution is 2.31. The van der Waals surface area contributed by atoms with Crippen molar-refractivity contribution in [1.29, 1.82) is 0 Å². The molecule has 3 rings (SSSR count). The largest absolute Gasteiger partial charge is 0.239 e. The van der Waals surface area contributed by atoms with Gasteiger partial charge in [0.1, 0.15) is 11.5 Å². The molecule has 0 amide bonds. The van der Waals surface area contributed by atoms with Crippen molar-refractivity contribution in [2.24, 2.45) is 0 Å². The van der Waals surface area contributed by atoms with Crippen LogP contribution in [0.4, 0.5) is 4.39 Å². The maximum absolute atomic E-state index is 12.9. The van der Waals surface area contributed by atoms with E-state index in [9.17, 15) is 4.39 Å². The summed E-state index contributed by atoms with van der Waals surface area (Å²) < 4.78 is 15.7. The highest BCUT2D eigenvalue weighted by molar-refractivity contribution is 9.10. The lowest BCUT2D eigenvalue weighted by molar-refractivity contribution is 0.628. The van der Waals surface area contributed by atoms with Gasteiger partial charge in [-0.2, -0.15) is 5.10 Å². The summed E-state index contributed by atoms with van der Waals surface area (Å²) in [5.74, 6) is -0.241. The first-order chi connectivity index (χ1) is 8.65. The SMILES string of the molecule is Cc1ccc2c(Br)c(-c3ccc(F)cc3)nn2c1. The first kappa shape index (κ1) is 11.4. The summed E-state index contributed by atoms with van der Waals surface area (Å²) in [6.07, 6.45) is 1.97. The molecular weight excluding hydrogens is 295 g/mol. The van der Waals surface area contributed by atoms with Crippen LogP contribution in [0.2, 0.25) is 0 Å². The van der Waals surface area contributed by atoms with Crippen molar-refractivity contribution in [2.75, 3.05) is 0 Å². The van der Waals surface area contributed by atoms with Crippen LogP contribution < -0.4 is 0 Å². The first-order valence-electron chi connectivity index (χ1n) is 5.55. The molecule has 0 radical (unpaired) electrons. The van der Waals surface area contributed by atoms with Crippen LogP contribution in [0, 0.1) is 12.7 Å². The van der Waals surface area contributed by atoms with Gasteiger partial charge in [-0.15, -0.1) is 0 Å². The van der Waals surface area contributed by atoms with Crippen molar-refractivity contribution in [2.45, 2.75) is 6.92 Å². The molecule has 4 heteroatoms. The lowest BCUT2D eigenvalue weighted by Gasteiger charge is -1.96. The van der Waals surface area contributed by atoms with E-state index in [0.717, 1.165) is 26.8 Å². The Morgan fingerprint density at radius 3 is 2.56 bits per heavy atom. The highest BCUT2D eigenvalue weighted by atomic mass is 79.9. The van der Waals surface area contributed by atoms with Gasteiger partial charge >= 0.3 is 0 Å². The smallest absolute Gasteiger partial charge is 0.123 e. The second-order valence-electron chi connectivity index (χ2n) is 4.21. The number of aryl methyl sites for hydroxylation is 1. The predicted octanol–water partition coefficient (Wildman–Crippen LogP) is 4.21. The molecule has 2 nitrogen and oxygen atoms in total. The molecule has 0 unspecified atom stereocenters. The number of hydrogen-bond acceptors (Lipinski definition) is 1. The zero-order valence-corrected chi connectivity index (χ0v) is 11.3. The monoisotopic (exact) mass is 304 g/mol. The number of benzene rings is 1. The topological polar surface area (TPSA) is 17.3 Å². The van der Waals surface area contributed by atoms with Gasteiger partial charge in [-0.3, -0.25) is 0 Å². The van der Waals surface area contributed by atoms with E-state index in [1.165, 1.54) is 12.1 Å². The minimum Gasteiger partial charge on any atom is -0.239 e. The normalized spacial score (nSPS) is 11.1. The van der Waals surface area contributed by atoms with E-state index in [2.05, 4.69) is 21.0 Å². The van der Waals surface area contributed by atoms with E-state index in [0.29, 0.717) is 0 Å². The second kappa shape index (κ2) is 4.21. The fraction of sp³-hybridized carbons (Fsp3) is 0.0714. The van der Waals surface area contributed by atoms with Gasteiger partial charge in [0.25, 0.3) is 0 Å². The lowest BCUT2D eigenvalue weighted by atomic mass is 10.1. The Hall–Kier alpha value is -1.68. The van der Waals surface area contributed by atoms with Crippen LogP contribution in [0.1, 0.15) is 5.56 Å². The molecule has 0 N–H and O–H groups in total. The number of nitrogens with zero attached hydrogens (tertiary/aromatic N) is 2. The van der Waals surface area contributed by atoms with Gasteiger partial charge in [-0.05, 0) is 58.7 Å². The molecule has 1 aromatic carbocycles. The number of rotatable bonds is 1. The van der Waals surface area contributed by atoms with Crippen molar-refractivity contribution in [3.05, 3.63) is 58.4 Å². The van der Waals surface area contributed by atoms with E-state index in [4.69, 9.17) is 0 Å². The molecular formula is C14H10BrFN2. The van der Waals surface area contributed by atoms with Crippen LogP contribution in [0.5, 0.6) is 0 Å². The zero-order valence-electron chi connectivity index (χ0n) is 9.69. The molecule has 18 heavy (non-hydrogen) atoms. The molecule has 0 saturated heterocycles. The zero-order chi connectivity index (χ0) is 12.7. The average Bonchev–Trinajstić information content (AvgIpc) is 2.67. The van der Waals surface area contributed by atoms with Crippen molar-refractivity contribution in [3.63, 3.8) is 0 Å². The summed E-state index contributed by atoms with van der Waals surface area (Å²) >= 11 is 3.55. The molecule has 3 aromatic rings. The van der Waals surface area contributed by atoms with Crippen molar-refractivity contribution >= 4 is 21.4 Å². The predicted molar refractivity (Wildman–Crippen MR) is 73.0 cm³/mol. The average molecular weight is 305 g/mol. The third kappa shape index (κ3) is 1.82. The summed E-state index contributed by atoms with van der Waals surface area (Å²) in [6, 6.07) is 10.4. The Balaban J connectivity index is 2.23. The molecule has 0 bridgehead atoms. The quantitative estimate of drug-likeness (QED) is 0.658. The van der Waals surface area contributed by atoms with Gasteiger partial charge in [0.05, 0.1) is 9.99 Å². The Morgan fingerprint density at radius 2 is 1.83 bits per heavy atom. The Morgan fingerprint density at radius 1 is 1.11 bits per heavy atom. The van der Waals surface area contributed by atoms with E-state index in [-0.39, 0.29) is 5.82 Å². The van der Waals surface area contributed by atoms with Gasteiger partial charge in [0, 0.05) is 11.8 Å². The van der Waals surface area contributed by atoms with Crippen LogP contribution in [0.25, 0.3) is 16.8 Å². The molecule has 2 heterocycles. The van der Waals surface area contributed by atoms with Gasteiger partial charge in [0.2, 0.25) is 0 Å². The van der Waals surface area contributed by atoms with Crippen molar-refractivity contribution in [1.82, 2.24) is 9.61 Å². The van der Waals surface area contributed by atoms with Crippen molar-refractivity contribution in [3.8, 4) is 11.3 Å². The fourth-order valence-electron chi connectivity index (χ4n) is 1.91. The molecule has 0 aliphatic rings. The summed E-state index contributed by atoms with van der Waals surface area (Å²) in [6.45, 7) is 2.02. The molecule has 0 saturated carbocycles. The third-order valence-electron chi connectivity index (χ3n) is 2.84. The summed E-state index contributed by atoms with van der Waals surface area (Å²) in [5, 5.41) is 4.52. The number of fused-ring (bicyclic) bond motifs is 1. The molecule has 0 fully saturated rings. The number of pyridine rings is 1. The lowest BCUT2D eigenvalue weighted by Crippen LogP contribution is -1.87. The maximum atomic E-state index is 12.9. The number of hydrogen-bond donors (Lipinski definition) is 0. The molecule has 0 aliphatic heterocycles. The van der Waals surface area contributed by atoms with Crippen LogP contribution in [0.15, 0.2) is 47.1 Å². The Kier molecular flexibility index (Phi) is 2.67. The summed E-state index contributed by atoms with van der Waals surface area (Å²) in [7, 11) is 0. The Labute approximate surface area is 112 Å². The Bertz CT molecular complexity index is 716. The van der Waals surface area contributed by atoms with Gasteiger partial charge in [0.15, 0.2) is 0 Å². The fourth-order valence-corrected chi connectivity index (χ4v) is 2.54. The van der Waals surface area contributed by atoms with Crippen molar-refractivity contribution < 1.29 is 4.39 Å². The minimum absolute atomic E-state index is 0.241. The first-order valence-corrected chi connectivity index (χ1v) is 6.35. The van der Waals surface area contributed by atoms with Gasteiger partial charge in [-0.25, -0.2) is 8.91 Å². The van der Waals surface area contributed by atoms with Crippen LogP contribution in [-0.4, -0.2) is 9.61 Å².